The number of aryl methyl sites for hydroxylation is 1. The molecule has 0 saturated carbocycles. The van der Waals surface area contributed by atoms with Crippen molar-refractivity contribution >= 4 is 22.8 Å². The number of nitrogens with zero attached hydrogens (tertiary/aromatic N) is 2. The van der Waals surface area contributed by atoms with Gasteiger partial charge in [-0.1, -0.05) is 25.1 Å². The van der Waals surface area contributed by atoms with Crippen LogP contribution in [0.5, 0.6) is 0 Å². The first-order chi connectivity index (χ1) is 13.5. The number of piperidine rings is 1. The molecule has 3 N–H and O–H groups in total. The van der Waals surface area contributed by atoms with Crippen LogP contribution in [0.3, 0.4) is 0 Å². The van der Waals surface area contributed by atoms with Crippen molar-refractivity contribution in [2.75, 3.05) is 26.2 Å². The number of pyridine rings is 1. The van der Waals surface area contributed by atoms with Crippen LogP contribution in [0.25, 0.3) is 10.9 Å². The maximum Gasteiger partial charge on any atom is 0.333 e. The minimum Gasteiger partial charge on any atom is -0.337 e. The van der Waals surface area contributed by atoms with Crippen LogP contribution in [0.15, 0.2) is 30.3 Å². The number of rotatable bonds is 5. The molecule has 0 aliphatic carbocycles. The molecule has 28 heavy (non-hydrogen) atoms. The average molecular weight is 383 g/mol. The van der Waals surface area contributed by atoms with Gasteiger partial charge in [-0.3, -0.25) is 15.2 Å². The molecule has 3 amide bonds. The van der Waals surface area contributed by atoms with E-state index in [1.165, 1.54) is 12.8 Å². The van der Waals surface area contributed by atoms with E-state index >= 15 is 0 Å². The predicted octanol–water partition coefficient (Wildman–Crippen LogP) is 2.61. The fourth-order valence-electron chi connectivity index (χ4n) is 3.51. The third kappa shape index (κ3) is 5.42. The van der Waals surface area contributed by atoms with E-state index in [2.05, 4.69) is 33.0 Å². The van der Waals surface area contributed by atoms with Crippen molar-refractivity contribution in [1.29, 1.82) is 0 Å². The minimum absolute atomic E-state index is 0.362. The molecule has 0 bridgehead atoms. The number of aromatic nitrogens is 1. The molecule has 0 unspecified atom stereocenters. The number of fused-ring (bicyclic) bond motifs is 1. The van der Waals surface area contributed by atoms with E-state index in [-0.39, 0.29) is 5.91 Å². The second kappa shape index (κ2) is 9.50. The number of nitrogens with one attached hydrogen (secondary N) is 3. The van der Waals surface area contributed by atoms with Crippen molar-refractivity contribution in [2.24, 2.45) is 5.92 Å². The molecule has 150 valence electrons. The molecule has 1 aliphatic rings. The Morgan fingerprint density at radius 1 is 1.18 bits per heavy atom. The topological polar surface area (TPSA) is 86.4 Å². The van der Waals surface area contributed by atoms with Crippen LogP contribution in [0.4, 0.5) is 4.79 Å². The zero-order valence-electron chi connectivity index (χ0n) is 16.6. The Labute approximate surface area is 165 Å². The predicted molar refractivity (Wildman–Crippen MR) is 110 cm³/mol. The summed E-state index contributed by atoms with van der Waals surface area (Å²) in [6.07, 6.45) is 3.40. The van der Waals surface area contributed by atoms with Gasteiger partial charge in [0.1, 0.15) is 0 Å². The maximum absolute atomic E-state index is 12.5. The summed E-state index contributed by atoms with van der Waals surface area (Å²) >= 11 is 0. The zero-order valence-corrected chi connectivity index (χ0v) is 16.6. The first kappa shape index (κ1) is 20.1. The highest BCUT2D eigenvalue weighted by Gasteiger charge is 2.15. The number of likely N-dealkylation sites (tertiary alicyclic amines) is 1. The average Bonchev–Trinajstić information content (AvgIpc) is 2.70. The molecule has 1 aromatic carbocycles. The van der Waals surface area contributed by atoms with Gasteiger partial charge in [0.15, 0.2) is 0 Å². The highest BCUT2D eigenvalue weighted by molar-refractivity contribution is 6.06. The highest BCUT2D eigenvalue weighted by Crippen LogP contribution is 2.18. The summed E-state index contributed by atoms with van der Waals surface area (Å²) in [5.74, 6) is 0.462. The third-order valence-corrected chi connectivity index (χ3v) is 5.19. The number of urea groups is 1. The summed E-state index contributed by atoms with van der Waals surface area (Å²) in [5.41, 5.74) is 6.89. The first-order valence-corrected chi connectivity index (χ1v) is 9.96. The molecule has 7 heteroatoms. The van der Waals surface area contributed by atoms with Crippen LogP contribution >= 0.6 is 0 Å². The van der Waals surface area contributed by atoms with E-state index in [0.717, 1.165) is 48.6 Å². The number of benzene rings is 1. The fraction of sp³-hybridized carbons (Fsp3) is 0.476. The van der Waals surface area contributed by atoms with Gasteiger partial charge in [-0.25, -0.2) is 10.2 Å². The Bertz CT molecular complexity index is 831. The summed E-state index contributed by atoms with van der Waals surface area (Å²) in [6.45, 7) is 7.98. The molecule has 0 atom stereocenters. The van der Waals surface area contributed by atoms with Gasteiger partial charge in [-0.2, -0.15) is 0 Å². The van der Waals surface area contributed by atoms with E-state index in [1.807, 2.05) is 31.2 Å². The van der Waals surface area contributed by atoms with Gasteiger partial charge < -0.3 is 10.2 Å². The van der Waals surface area contributed by atoms with Gasteiger partial charge in [-0.15, -0.1) is 0 Å². The van der Waals surface area contributed by atoms with Gasteiger partial charge >= 0.3 is 6.03 Å². The molecule has 1 aromatic heterocycles. The van der Waals surface area contributed by atoms with E-state index in [4.69, 9.17) is 0 Å². The summed E-state index contributed by atoms with van der Waals surface area (Å²) in [5, 5.41) is 3.54. The lowest BCUT2D eigenvalue weighted by Gasteiger charge is -2.30. The Hall–Kier alpha value is -2.67. The number of hydrazine groups is 1. The number of hydrogen-bond donors (Lipinski definition) is 3. The first-order valence-electron chi connectivity index (χ1n) is 9.96. The number of carbonyl (C=O) groups is 2. The van der Waals surface area contributed by atoms with Crippen molar-refractivity contribution in [1.82, 2.24) is 26.1 Å². The zero-order chi connectivity index (χ0) is 19.9. The third-order valence-electron chi connectivity index (χ3n) is 5.19. The van der Waals surface area contributed by atoms with Crippen molar-refractivity contribution in [3.8, 4) is 0 Å². The summed E-state index contributed by atoms with van der Waals surface area (Å²) in [7, 11) is 0. The summed E-state index contributed by atoms with van der Waals surface area (Å²) < 4.78 is 0. The van der Waals surface area contributed by atoms with Crippen LogP contribution in [0.2, 0.25) is 0 Å². The van der Waals surface area contributed by atoms with E-state index in [0.29, 0.717) is 12.1 Å². The van der Waals surface area contributed by atoms with Gasteiger partial charge in [0.25, 0.3) is 5.91 Å². The molecule has 1 fully saturated rings. The van der Waals surface area contributed by atoms with Crippen LogP contribution in [0, 0.1) is 12.8 Å². The van der Waals surface area contributed by atoms with Gasteiger partial charge in [0, 0.05) is 17.6 Å². The van der Waals surface area contributed by atoms with Crippen LogP contribution in [0.1, 0.15) is 42.2 Å². The molecular weight excluding hydrogens is 354 g/mol. The lowest BCUT2D eigenvalue weighted by molar-refractivity contribution is 0.0937. The van der Waals surface area contributed by atoms with Crippen LogP contribution in [-0.2, 0) is 0 Å². The smallest absolute Gasteiger partial charge is 0.333 e. The molecule has 1 saturated heterocycles. The lowest BCUT2D eigenvalue weighted by Crippen LogP contribution is -2.47. The SMILES string of the molecule is Cc1cc(C(=O)NNC(=O)NCCCN2CCC(C)CC2)c2ccccc2n1. The molecule has 1 aliphatic heterocycles. The second-order valence-electron chi connectivity index (χ2n) is 7.54. The van der Waals surface area contributed by atoms with Gasteiger partial charge in [0.2, 0.25) is 0 Å². The van der Waals surface area contributed by atoms with Crippen LogP contribution < -0.4 is 16.2 Å². The van der Waals surface area contributed by atoms with Crippen molar-refractivity contribution in [2.45, 2.75) is 33.1 Å². The molecule has 0 radical (unpaired) electrons. The highest BCUT2D eigenvalue weighted by atomic mass is 16.2. The normalized spacial score (nSPS) is 15.4. The lowest BCUT2D eigenvalue weighted by atomic mass is 9.99. The largest absolute Gasteiger partial charge is 0.337 e. The summed E-state index contributed by atoms with van der Waals surface area (Å²) in [6, 6.07) is 8.76. The molecule has 7 nitrogen and oxygen atoms in total. The van der Waals surface area contributed by atoms with Crippen molar-refractivity contribution in [3.05, 3.63) is 41.6 Å². The summed E-state index contributed by atoms with van der Waals surface area (Å²) in [4.78, 5) is 31.3. The molecule has 3 rings (SSSR count). The fourth-order valence-corrected chi connectivity index (χ4v) is 3.51. The van der Waals surface area contributed by atoms with E-state index in [9.17, 15) is 9.59 Å². The number of hydrogen-bond acceptors (Lipinski definition) is 4. The number of para-hydroxylation sites is 1. The van der Waals surface area contributed by atoms with Gasteiger partial charge in [-0.05, 0) is 63.9 Å². The molecule has 0 spiro atoms. The second-order valence-corrected chi connectivity index (χ2v) is 7.54. The van der Waals surface area contributed by atoms with Gasteiger partial charge in [0.05, 0.1) is 11.1 Å². The Kier molecular flexibility index (Phi) is 6.81. The minimum atomic E-state index is -0.407. The van der Waals surface area contributed by atoms with Crippen molar-refractivity contribution < 1.29 is 9.59 Å². The molecule has 2 heterocycles. The quantitative estimate of drug-likeness (QED) is 0.547. The Balaban J connectivity index is 1.42. The Morgan fingerprint density at radius 2 is 1.93 bits per heavy atom. The number of amides is 3. The Morgan fingerprint density at radius 3 is 2.71 bits per heavy atom. The van der Waals surface area contributed by atoms with Crippen molar-refractivity contribution in [3.63, 3.8) is 0 Å². The molecule has 2 aromatic rings. The maximum atomic E-state index is 12.5. The standard InChI is InChI=1S/C21H29N5O2/c1-15-8-12-26(13-9-15)11-5-10-22-21(28)25-24-20(27)18-14-16(2)23-19-7-4-3-6-17(18)19/h3-4,6-7,14-15H,5,8-13H2,1-2H3,(H,24,27)(H2,22,25,28). The van der Waals surface area contributed by atoms with E-state index < -0.39 is 6.03 Å². The monoisotopic (exact) mass is 383 g/mol. The van der Waals surface area contributed by atoms with Crippen LogP contribution in [-0.4, -0.2) is 48.0 Å². The number of carbonyl (C=O) groups excluding carboxylic acids is 2. The molecular formula is C21H29N5O2. The van der Waals surface area contributed by atoms with E-state index in [1.54, 1.807) is 6.07 Å².